The molecule has 0 radical (unpaired) electrons. The highest BCUT2D eigenvalue weighted by molar-refractivity contribution is 7.19. The highest BCUT2D eigenvalue weighted by atomic mass is 32.1. The lowest BCUT2D eigenvalue weighted by Gasteiger charge is -2.17. The van der Waals surface area contributed by atoms with Gasteiger partial charge in [-0.15, -0.1) is 11.3 Å². The summed E-state index contributed by atoms with van der Waals surface area (Å²) in [6.45, 7) is 2.63. The van der Waals surface area contributed by atoms with Crippen LogP contribution in [0.25, 0.3) is 10.1 Å². The Hall–Kier alpha value is -1.78. The lowest BCUT2D eigenvalue weighted by molar-refractivity contribution is 0.548. The van der Waals surface area contributed by atoms with Crippen molar-refractivity contribution in [2.24, 2.45) is 0 Å². The van der Waals surface area contributed by atoms with Crippen LogP contribution in [0.1, 0.15) is 23.4 Å². The molecule has 21 heavy (non-hydrogen) atoms. The molecule has 0 saturated heterocycles. The van der Waals surface area contributed by atoms with Gasteiger partial charge in [0.25, 0.3) is 0 Å². The minimum absolute atomic E-state index is 0.330. The van der Waals surface area contributed by atoms with Gasteiger partial charge >= 0.3 is 0 Å². The van der Waals surface area contributed by atoms with Gasteiger partial charge in [0.2, 0.25) is 0 Å². The molecule has 3 rings (SSSR count). The smallest absolute Gasteiger partial charge is 0.128 e. The van der Waals surface area contributed by atoms with Crippen LogP contribution in [0, 0.1) is 11.6 Å². The molecule has 0 saturated carbocycles. The molecule has 1 heterocycles. The second kappa shape index (κ2) is 5.92. The quantitative estimate of drug-likeness (QED) is 0.724. The molecular formula is C17H15F2NS. The molecule has 0 bridgehead atoms. The largest absolute Gasteiger partial charge is 0.306 e. The van der Waals surface area contributed by atoms with Crippen LogP contribution < -0.4 is 5.32 Å². The minimum Gasteiger partial charge on any atom is -0.306 e. The zero-order valence-corrected chi connectivity index (χ0v) is 12.4. The standard InChI is InChI=1S/C17H15F2NS/c1-2-20-17(13-10-12(18)7-8-14(13)19)16-9-11-5-3-4-6-15(11)21-16/h3-10,17,20H,2H2,1H3. The fraction of sp³-hybridized carbons (Fsp3) is 0.176. The molecule has 1 atom stereocenters. The molecule has 1 aromatic heterocycles. The number of nitrogens with one attached hydrogen (secondary N) is 1. The third-order valence-electron chi connectivity index (χ3n) is 3.41. The van der Waals surface area contributed by atoms with Crippen molar-refractivity contribution in [2.75, 3.05) is 6.54 Å². The Kier molecular flexibility index (Phi) is 3.99. The maximum Gasteiger partial charge on any atom is 0.128 e. The minimum atomic E-state index is -0.421. The molecule has 2 aromatic carbocycles. The van der Waals surface area contributed by atoms with Crippen molar-refractivity contribution in [3.05, 3.63) is 70.6 Å². The summed E-state index contributed by atoms with van der Waals surface area (Å²) in [5.41, 5.74) is 0.350. The van der Waals surface area contributed by atoms with Gasteiger partial charge in [-0.05, 0) is 42.3 Å². The van der Waals surface area contributed by atoms with Crippen molar-refractivity contribution in [2.45, 2.75) is 13.0 Å². The van der Waals surface area contributed by atoms with Crippen molar-refractivity contribution in [1.82, 2.24) is 5.32 Å². The number of benzene rings is 2. The van der Waals surface area contributed by atoms with Crippen LogP contribution in [-0.4, -0.2) is 6.54 Å². The molecule has 0 aliphatic rings. The SMILES string of the molecule is CCNC(c1cc2ccccc2s1)c1cc(F)ccc1F. The van der Waals surface area contributed by atoms with E-state index >= 15 is 0 Å². The first-order chi connectivity index (χ1) is 10.2. The molecule has 4 heteroatoms. The van der Waals surface area contributed by atoms with Gasteiger partial charge < -0.3 is 5.32 Å². The van der Waals surface area contributed by atoms with Gasteiger partial charge in [-0.2, -0.15) is 0 Å². The van der Waals surface area contributed by atoms with Gasteiger partial charge in [-0.1, -0.05) is 25.1 Å². The normalized spacial score (nSPS) is 12.7. The highest BCUT2D eigenvalue weighted by Crippen LogP contribution is 2.34. The second-order valence-electron chi connectivity index (χ2n) is 4.84. The molecule has 0 aliphatic heterocycles. The van der Waals surface area contributed by atoms with E-state index in [2.05, 4.69) is 5.32 Å². The summed E-state index contributed by atoms with van der Waals surface area (Å²) in [7, 11) is 0. The molecule has 0 aliphatic carbocycles. The third kappa shape index (κ3) is 2.82. The number of halogens is 2. The average Bonchev–Trinajstić information content (AvgIpc) is 2.91. The van der Waals surface area contributed by atoms with Crippen LogP contribution in [0.3, 0.4) is 0 Å². The van der Waals surface area contributed by atoms with Gasteiger partial charge in [0.15, 0.2) is 0 Å². The maximum atomic E-state index is 14.1. The molecule has 3 aromatic rings. The Morgan fingerprint density at radius 1 is 1.10 bits per heavy atom. The number of hydrogen-bond donors (Lipinski definition) is 1. The monoisotopic (exact) mass is 303 g/mol. The zero-order chi connectivity index (χ0) is 14.8. The topological polar surface area (TPSA) is 12.0 Å². The van der Waals surface area contributed by atoms with Crippen LogP contribution >= 0.6 is 11.3 Å². The predicted octanol–water partition coefficient (Wildman–Crippen LogP) is 4.88. The second-order valence-corrected chi connectivity index (χ2v) is 5.96. The van der Waals surface area contributed by atoms with Crippen molar-refractivity contribution >= 4 is 21.4 Å². The highest BCUT2D eigenvalue weighted by Gasteiger charge is 2.20. The number of fused-ring (bicyclic) bond motifs is 1. The first kappa shape index (κ1) is 14.2. The Bertz CT molecular complexity index is 733. The summed E-state index contributed by atoms with van der Waals surface area (Å²) in [4.78, 5) is 0.988. The van der Waals surface area contributed by atoms with Crippen LogP contribution in [-0.2, 0) is 0 Å². The van der Waals surface area contributed by atoms with E-state index in [9.17, 15) is 8.78 Å². The van der Waals surface area contributed by atoms with E-state index in [-0.39, 0.29) is 11.9 Å². The van der Waals surface area contributed by atoms with E-state index < -0.39 is 5.82 Å². The number of hydrogen-bond acceptors (Lipinski definition) is 2. The van der Waals surface area contributed by atoms with E-state index in [1.807, 2.05) is 37.3 Å². The van der Waals surface area contributed by atoms with E-state index in [1.165, 1.54) is 12.1 Å². The van der Waals surface area contributed by atoms with Crippen LogP contribution in [0.5, 0.6) is 0 Å². The summed E-state index contributed by atoms with van der Waals surface area (Å²) in [6, 6.07) is 13.3. The van der Waals surface area contributed by atoms with Crippen molar-refractivity contribution < 1.29 is 8.78 Å². The Labute approximate surface area is 126 Å². The summed E-state index contributed by atoms with van der Waals surface area (Å²) in [6.07, 6.45) is 0. The number of rotatable bonds is 4. The van der Waals surface area contributed by atoms with Gasteiger partial charge in [0.1, 0.15) is 11.6 Å². The molecule has 0 fully saturated rings. The average molecular weight is 303 g/mol. The number of thiophene rings is 1. The van der Waals surface area contributed by atoms with Gasteiger partial charge in [-0.25, -0.2) is 8.78 Å². The maximum absolute atomic E-state index is 14.1. The van der Waals surface area contributed by atoms with Crippen LogP contribution in [0.2, 0.25) is 0 Å². The van der Waals surface area contributed by atoms with Crippen LogP contribution in [0.15, 0.2) is 48.5 Å². The molecular weight excluding hydrogens is 288 g/mol. The Morgan fingerprint density at radius 2 is 1.90 bits per heavy atom. The van der Waals surface area contributed by atoms with E-state index in [0.29, 0.717) is 12.1 Å². The lowest BCUT2D eigenvalue weighted by Crippen LogP contribution is -2.22. The Morgan fingerprint density at radius 3 is 2.67 bits per heavy atom. The first-order valence-corrected chi connectivity index (χ1v) is 7.67. The van der Waals surface area contributed by atoms with Gasteiger partial charge in [0, 0.05) is 15.1 Å². The van der Waals surface area contributed by atoms with E-state index in [1.54, 1.807) is 11.3 Å². The zero-order valence-electron chi connectivity index (χ0n) is 11.6. The third-order valence-corrected chi connectivity index (χ3v) is 4.59. The molecule has 0 spiro atoms. The molecule has 1 unspecified atom stereocenters. The van der Waals surface area contributed by atoms with Gasteiger partial charge in [-0.3, -0.25) is 0 Å². The summed E-state index contributed by atoms with van der Waals surface area (Å²) < 4.78 is 28.7. The van der Waals surface area contributed by atoms with Crippen molar-refractivity contribution in [1.29, 1.82) is 0 Å². The first-order valence-electron chi connectivity index (χ1n) is 6.86. The van der Waals surface area contributed by atoms with Crippen molar-refractivity contribution in [3.8, 4) is 0 Å². The fourth-order valence-corrected chi connectivity index (χ4v) is 3.61. The summed E-state index contributed by atoms with van der Waals surface area (Å²) in [5, 5.41) is 4.37. The summed E-state index contributed by atoms with van der Waals surface area (Å²) >= 11 is 1.60. The molecule has 1 N–H and O–H groups in total. The Balaban J connectivity index is 2.10. The molecule has 1 nitrogen and oxygen atoms in total. The predicted molar refractivity (Wildman–Crippen MR) is 83.7 cm³/mol. The molecule has 108 valence electrons. The fourth-order valence-electron chi connectivity index (χ4n) is 2.45. The van der Waals surface area contributed by atoms with E-state index in [4.69, 9.17) is 0 Å². The van der Waals surface area contributed by atoms with Crippen LogP contribution in [0.4, 0.5) is 8.78 Å². The summed E-state index contributed by atoms with van der Waals surface area (Å²) in [5.74, 6) is -0.810. The lowest BCUT2D eigenvalue weighted by atomic mass is 10.0. The van der Waals surface area contributed by atoms with Gasteiger partial charge in [0.05, 0.1) is 6.04 Å². The van der Waals surface area contributed by atoms with E-state index in [0.717, 1.165) is 21.0 Å². The van der Waals surface area contributed by atoms with Crippen molar-refractivity contribution in [3.63, 3.8) is 0 Å². The molecule has 0 amide bonds.